The van der Waals surface area contributed by atoms with E-state index in [9.17, 15) is 4.39 Å². The molecular formula is C10H13ClFN3O. The first-order valence-electron chi connectivity index (χ1n) is 5.13. The van der Waals surface area contributed by atoms with E-state index in [0.717, 1.165) is 19.0 Å². The third-order valence-corrected chi connectivity index (χ3v) is 2.98. The Morgan fingerprint density at radius 1 is 1.62 bits per heavy atom. The van der Waals surface area contributed by atoms with Gasteiger partial charge in [-0.3, -0.25) is 0 Å². The Bertz CT molecular complexity index is 384. The van der Waals surface area contributed by atoms with Crippen LogP contribution in [0.3, 0.4) is 0 Å². The quantitative estimate of drug-likeness (QED) is 0.820. The Labute approximate surface area is 98.1 Å². The van der Waals surface area contributed by atoms with Gasteiger partial charge in [0.25, 0.3) is 0 Å². The van der Waals surface area contributed by atoms with E-state index in [-0.39, 0.29) is 17.2 Å². The van der Waals surface area contributed by atoms with Crippen LogP contribution in [-0.4, -0.2) is 34.8 Å². The van der Waals surface area contributed by atoms with Crippen LogP contribution >= 0.6 is 11.6 Å². The molecule has 1 aromatic rings. The minimum atomic E-state index is -0.480. The molecule has 1 fully saturated rings. The van der Waals surface area contributed by atoms with Gasteiger partial charge < -0.3 is 10.0 Å². The van der Waals surface area contributed by atoms with Gasteiger partial charge in [-0.2, -0.15) is 4.98 Å². The SMILES string of the molecule is CN(CC1CC(O)C1)c1nc(Cl)ncc1F. The second-order valence-electron chi connectivity index (χ2n) is 4.18. The molecule has 0 spiro atoms. The van der Waals surface area contributed by atoms with Crippen LogP contribution in [0.1, 0.15) is 12.8 Å². The lowest BCUT2D eigenvalue weighted by Gasteiger charge is -2.34. The summed E-state index contributed by atoms with van der Waals surface area (Å²) in [7, 11) is 1.76. The summed E-state index contributed by atoms with van der Waals surface area (Å²) in [5.41, 5.74) is 0. The third kappa shape index (κ3) is 2.41. The maximum absolute atomic E-state index is 13.4. The molecule has 0 aromatic carbocycles. The number of aliphatic hydroxyl groups is 1. The number of aliphatic hydroxyl groups excluding tert-OH is 1. The summed E-state index contributed by atoms with van der Waals surface area (Å²) in [6.07, 6.45) is 2.41. The summed E-state index contributed by atoms with van der Waals surface area (Å²) < 4.78 is 13.4. The van der Waals surface area contributed by atoms with E-state index in [2.05, 4.69) is 9.97 Å². The van der Waals surface area contributed by atoms with Crippen LogP contribution in [0.4, 0.5) is 10.2 Å². The van der Waals surface area contributed by atoms with Crippen molar-refractivity contribution in [3.05, 3.63) is 17.3 Å². The van der Waals surface area contributed by atoms with E-state index < -0.39 is 5.82 Å². The summed E-state index contributed by atoms with van der Waals surface area (Å²) in [4.78, 5) is 9.11. The van der Waals surface area contributed by atoms with E-state index in [1.54, 1.807) is 11.9 Å². The zero-order valence-corrected chi connectivity index (χ0v) is 9.65. The van der Waals surface area contributed by atoms with E-state index in [0.29, 0.717) is 12.5 Å². The number of hydrogen-bond donors (Lipinski definition) is 1. The summed E-state index contributed by atoms with van der Waals surface area (Å²) in [6.45, 7) is 0.668. The normalized spacial score (nSPS) is 24.0. The molecule has 1 saturated carbocycles. The molecule has 16 heavy (non-hydrogen) atoms. The highest BCUT2D eigenvalue weighted by Crippen LogP contribution is 2.29. The van der Waals surface area contributed by atoms with Gasteiger partial charge in [0, 0.05) is 13.6 Å². The van der Waals surface area contributed by atoms with Crippen LogP contribution in [0, 0.1) is 11.7 Å². The Hall–Kier alpha value is -0.940. The molecule has 0 unspecified atom stereocenters. The molecule has 0 atom stereocenters. The van der Waals surface area contributed by atoms with Gasteiger partial charge in [0.05, 0.1) is 12.3 Å². The van der Waals surface area contributed by atoms with Gasteiger partial charge in [0.1, 0.15) is 0 Å². The van der Waals surface area contributed by atoms with Gasteiger partial charge in [-0.25, -0.2) is 9.37 Å². The van der Waals surface area contributed by atoms with E-state index >= 15 is 0 Å². The molecular weight excluding hydrogens is 233 g/mol. The van der Waals surface area contributed by atoms with E-state index in [1.165, 1.54) is 0 Å². The topological polar surface area (TPSA) is 49.2 Å². The lowest BCUT2D eigenvalue weighted by atomic mass is 9.82. The highest BCUT2D eigenvalue weighted by atomic mass is 35.5. The number of anilines is 1. The molecule has 0 bridgehead atoms. The molecule has 1 aliphatic carbocycles. The smallest absolute Gasteiger partial charge is 0.224 e. The predicted molar refractivity (Wildman–Crippen MR) is 59.0 cm³/mol. The first-order valence-corrected chi connectivity index (χ1v) is 5.51. The van der Waals surface area contributed by atoms with Gasteiger partial charge in [0.2, 0.25) is 5.28 Å². The minimum absolute atomic E-state index is 0.0388. The fourth-order valence-corrected chi connectivity index (χ4v) is 2.06. The van der Waals surface area contributed by atoms with Crippen molar-refractivity contribution in [2.24, 2.45) is 5.92 Å². The van der Waals surface area contributed by atoms with E-state index in [1.807, 2.05) is 0 Å². The molecule has 1 aliphatic rings. The minimum Gasteiger partial charge on any atom is -0.393 e. The first-order chi connectivity index (χ1) is 7.56. The maximum Gasteiger partial charge on any atom is 0.224 e. The molecule has 0 radical (unpaired) electrons. The van der Waals surface area contributed by atoms with Gasteiger partial charge in [-0.1, -0.05) is 0 Å². The van der Waals surface area contributed by atoms with Crippen LogP contribution in [0.25, 0.3) is 0 Å². The van der Waals surface area contributed by atoms with Crippen molar-refractivity contribution in [1.82, 2.24) is 9.97 Å². The van der Waals surface area contributed by atoms with Gasteiger partial charge in [0.15, 0.2) is 11.6 Å². The number of rotatable bonds is 3. The molecule has 2 rings (SSSR count). The number of halogens is 2. The largest absolute Gasteiger partial charge is 0.393 e. The van der Waals surface area contributed by atoms with Crippen LogP contribution in [-0.2, 0) is 0 Å². The molecule has 1 heterocycles. The Morgan fingerprint density at radius 2 is 2.31 bits per heavy atom. The zero-order valence-electron chi connectivity index (χ0n) is 8.90. The highest BCUT2D eigenvalue weighted by molar-refractivity contribution is 6.28. The summed E-state index contributed by atoms with van der Waals surface area (Å²) in [5, 5.41) is 9.20. The van der Waals surface area contributed by atoms with Crippen molar-refractivity contribution in [1.29, 1.82) is 0 Å². The van der Waals surface area contributed by atoms with Gasteiger partial charge in [-0.05, 0) is 30.4 Å². The van der Waals surface area contributed by atoms with Crippen molar-refractivity contribution in [3.8, 4) is 0 Å². The third-order valence-electron chi connectivity index (χ3n) is 2.80. The Kier molecular flexibility index (Phi) is 3.25. The monoisotopic (exact) mass is 245 g/mol. The maximum atomic E-state index is 13.4. The average molecular weight is 246 g/mol. The Morgan fingerprint density at radius 3 is 2.94 bits per heavy atom. The van der Waals surface area contributed by atoms with E-state index in [4.69, 9.17) is 16.7 Å². The van der Waals surface area contributed by atoms with Gasteiger partial charge >= 0.3 is 0 Å². The van der Waals surface area contributed by atoms with Crippen molar-refractivity contribution in [3.63, 3.8) is 0 Å². The van der Waals surface area contributed by atoms with Crippen molar-refractivity contribution in [2.45, 2.75) is 18.9 Å². The number of nitrogens with zero attached hydrogens (tertiary/aromatic N) is 3. The van der Waals surface area contributed by atoms with Crippen LogP contribution in [0.15, 0.2) is 6.20 Å². The van der Waals surface area contributed by atoms with Crippen molar-refractivity contribution >= 4 is 17.4 Å². The summed E-state index contributed by atoms with van der Waals surface area (Å²) in [5.74, 6) is 0.126. The average Bonchev–Trinajstić information content (AvgIpc) is 2.19. The lowest BCUT2D eigenvalue weighted by Crippen LogP contribution is -2.37. The zero-order chi connectivity index (χ0) is 11.7. The van der Waals surface area contributed by atoms with Crippen molar-refractivity contribution < 1.29 is 9.50 Å². The lowest BCUT2D eigenvalue weighted by molar-refractivity contribution is 0.0464. The first kappa shape index (κ1) is 11.5. The molecule has 0 saturated heterocycles. The molecule has 0 aliphatic heterocycles. The molecule has 1 aromatic heterocycles. The van der Waals surface area contributed by atoms with Gasteiger partial charge in [-0.15, -0.1) is 0 Å². The standard InChI is InChI=1S/C10H13ClFN3O/c1-15(5-6-2-7(16)3-6)9-8(12)4-13-10(11)14-9/h4,6-7,16H,2-3,5H2,1H3. The second-order valence-corrected chi connectivity index (χ2v) is 4.52. The number of aromatic nitrogens is 2. The number of hydrogen-bond acceptors (Lipinski definition) is 4. The molecule has 88 valence electrons. The summed E-state index contributed by atoms with van der Waals surface area (Å²) >= 11 is 5.61. The fraction of sp³-hybridized carbons (Fsp3) is 0.600. The molecule has 6 heteroatoms. The Balaban J connectivity index is 2.02. The fourth-order valence-electron chi connectivity index (χ4n) is 1.93. The molecule has 0 amide bonds. The second kappa shape index (κ2) is 4.51. The predicted octanol–water partition coefficient (Wildman–Crippen LogP) is 1.48. The van der Waals surface area contributed by atoms with Crippen LogP contribution in [0.2, 0.25) is 5.28 Å². The molecule has 1 N–H and O–H groups in total. The summed E-state index contributed by atoms with van der Waals surface area (Å²) in [6, 6.07) is 0. The van der Waals surface area contributed by atoms with Crippen LogP contribution in [0.5, 0.6) is 0 Å². The highest BCUT2D eigenvalue weighted by Gasteiger charge is 2.28. The molecule has 4 nitrogen and oxygen atoms in total. The van der Waals surface area contributed by atoms with Crippen LogP contribution < -0.4 is 4.90 Å². The van der Waals surface area contributed by atoms with Crippen molar-refractivity contribution in [2.75, 3.05) is 18.5 Å².